The van der Waals surface area contributed by atoms with Crippen LogP contribution in [0.4, 0.5) is 0 Å². The fraction of sp³-hybridized carbons (Fsp3) is 0.278. The van der Waals surface area contributed by atoms with E-state index in [2.05, 4.69) is 32.9 Å². The third-order valence-electron chi connectivity index (χ3n) is 3.62. The van der Waals surface area contributed by atoms with Crippen molar-refractivity contribution in [3.05, 3.63) is 70.3 Å². The summed E-state index contributed by atoms with van der Waals surface area (Å²) in [5.74, 6) is 0.0960. The molecule has 2 aromatic rings. The standard InChI is InChI=1S/C18H20O/c1-12-10-13(2)17(14(3)11-12)15(4)18(19)16-8-6-5-7-9-16/h5-11,15H,1-4H3. The van der Waals surface area contributed by atoms with Crippen LogP contribution in [-0.4, -0.2) is 5.78 Å². The van der Waals surface area contributed by atoms with Gasteiger partial charge >= 0.3 is 0 Å². The van der Waals surface area contributed by atoms with E-state index in [-0.39, 0.29) is 11.7 Å². The number of ketones is 1. The van der Waals surface area contributed by atoms with Crippen molar-refractivity contribution >= 4 is 5.78 Å². The predicted molar refractivity (Wildman–Crippen MR) is 79.8 cm³/mol. The Morgan fingerprint density at radius 2 is 1.47 bits per heavy atom. The monoisotopic (exact) mass is 252 g/mol. The Morgan fingerprint density at radius 1 is 0.947 bits per heavy atom. The second-order valence-electron chi connectivity index (χ2n) is 5.26. The van der Waals surface area contributed by atoms with Crippen molar-refractivity contribution in [2.75, 3.05) is 0 Å². The first kappa shape index (κ1) is 13.5. The van der Waals surface area contributed by atoms with E-state index in [0.29, 0.717) is 0 Å². The Hall–Kier alpha value is -1.89. The van der Waals surface area contributed by atoms with Gasteiger partial charge in [0.15, 0.2) is 5.78 Å². The molecule has 0 saturated carbocycles. The second-order valence-corrected chi connectivity index (χ2v) is 5.26. The number of Topliss-reactive ketones (excluding diaryl/α,β-unsaturated/α-hetero) is 1. The lowest BCUT2D eigenvalue weighted by molar-refractivity contribution is 0.0965. The molecule has 2 aromatic carbocycles. The number of hydrogen-bond acceptors (Lipinski definition) is 1. The molecular weight excluding hydrogens is 232 g/mol. The molecule has 0 saturated heterocycles. The maximum Gasteiger partial charge on any atom is 0.170 e. The van der Waals surface area contributed by atoms with Crippen molar-refractivity contribution in [3.63, 3.8) is 0 Å². The zero-order chi connectivity index (χ0) is 14.0. The second kappa shape index (κ2) is 5.40. The van der Waals surface area contributed by atoms with Crippen LogP contribution in [0.1, 0.15) is 45.5 Å². The first-order chi connectivity index (χ1) is 9.00. The molecule has 0 N–H and O–H groups in total. The highest BCUT2D eigenvalue weighted by Crippen LogP contribution is 2.27. The highest BCUT2D eigenvalue weighted by molar-refractivity contribution is 6.01. The molecular formula is C18H20O. The highest BCUT2D eigenvalue weighted by Gasteiger charge is 2.20. The summed E-state index contributed by atoms with van der Waals surface area (Å²) in [6.45, 7) is 8.27. The van der Waals surface area contributed by atoms with Gasteiger partial charge in [-0.05, 0) is 37.5 Å². The first-order valence-corrected chi connectivity index (χ1v) is 6.67. The van der Waals surface area contributed by atoms with Crippen LogP contribution < -0.4 is 0 Å². The smallest absolute Gasteiger partial charge is 0.170 e. The Balaban J connectivity index is 2.40. The zero-order valence-corrected chi connectivity index (χ0v) is 12.0. The SMILES string of the molecule is Cc1cc(C)c(C(C)C(=O)c2ccccc2)c(C)c1. The normalized spacial score (nSPS) is 12.2. The Kier molecular flexibility index (Phi) is 3.84. The van der Waals surface area contributed by atoms with E-state index in [1.807, 2.05) is 37.3 Å². The van der Waals surface area contributed by atoms with Crippen LogP contribution in [0.5, 0.6) is 0 Å². The summed E-state index contributed by atoms with van der Waals surface area (Å²) in [4.78, 5) is 12.5. The van der Waals surface area contributed by atoms with Crippen molar-refractivity contribution < 1.29 is 4.79 Å². The summed E-state index contributed by atoms with van der Waals surface area (Å²) in [7, 11) is 0. The minimum atomic E-state index is -0.0944. The number of benzene rings is 2. The van der Waals surface area contributed by atoms with Crippen LogP contribution in [0.25, 0.3) is 0 Å². The Morgan fingerprint density at radius 3 is 2.00 bits per heavy atom. The molecule has 0 aliphatic carbocycles. The van der Waals surface area contributed by atoms with Crippen LogP contribution in [0.3, 0.4) is 0 Å². The molecule has 1 heteroatoms. The quantitative estimate of drug-likeness (QED) is 0.730. The number of carbonyl (C=O) groups is 1. The summed E-state index contributed by atoms with van der Waals surface area (Å²) in [6, 6.07) is 13.8. The van der Waals surface area contributed by atoms with Gasteiger partial charge in [-0.2, -0.15) is 0 Å². The average Bonchev–Trinajstić information content (AvgIpc) is 2.37. The van der Waals surface area contributed by atoms with Crippen molar-refractivity contribution in [1.29, 1.82) is 0 Å². The average molecular weight is 252 g/mol. The summed E-state index contributed by atoms with van der Waals surface area (Å²) in [6.07, 6.45) is 0. The summed E-state index contributed by atoms with van der Waals surface area (Å²) in [5, 5.41) is 0. The lowest BCUT2D eigenvalue weighted by Crippen LogP contribution is -2.12. The lowest BCUT2D eigenvalue weighted by atomic mass is 9.86. The van der Waals surface area contributed by atoms with E-state index in [1.165, 1.54) is 22.3 Å². The van der Waals surface area contributed by atoms with Gasteiger partial charge in [0.05, 0.1) is 0 Å². The molecule has 0 aromatic heterocycles. The molecule has 0 aliphatic heterocycles. The van der Waals surface area contributed by atoms with Gasteiger partial charge in [-0.25, -0.2) is 0 Å². The molecule has 0 fully saturated rings. The molecule has 1 atom stereocenters. The van der Waals surface area contributed by atoms with E-state index in [4.69, 9.17) is 0 Å². The van der Waals surface area contributed by atoms with Gasteiger partial charge in [0.25, 0.3) is 0 Å². The Labute approximate surface area is 115 Å². The predicted octanol–water partition coefficient (Wildman–Crippen LogP) is 4.60. The summed E-state index contributed by atoms with van der Waals surface area (Å²) < 4.78 is 0. The molecule has 1 unspecified atom stereocenters. The molecule has 2 rings (SSSR count). The molecule has 0 heterocycles. The maximum absolute atomic E-state index is 12.5. The van der Waals surface area contributed by atoms with Gasteiger partial charge in [-0.15, -0.1) is 0 Å². The van der Waals surface area contributed by atoms with Crippen LogP contribution in [0.15, 0.2) is 42.5 Å². The Bertz CT molecular complexity index is 573. The molecule has 0 amide bonds. The molecule has 0 aliphatic rings. The van der Waals surface area contributed by atoms with Gasteiger partial charge in [0, 0.05) is 11.5 Å². The minimum Gasteiger partial charge on any atom is -0.294 e. The molecule has 98 valence electrons. The van der Waals surface area contributed by atoms with Crippen LogP contribution in [0.2, 0.25) is 0 Å². The molecule has 19 heavy (non-hydrogen) atoms. The molecule has 0 bridgehead atoms. The van der Waals surface area contributed by atoms with E-state index >= 15 is 0 Å². The van der Waals surface area contributed by atoms with Crippen LogP contribution >= 0.6 is 0 Å². The first-order valence-electron chi connectivity index (χ1n) is 6.67. The number of rotatable bonds is 3. The maximum atomic E-state index is 12.5. The summed E-state index contributed by atoms with van der Waals surface area (Å²) in [5.41, 5.74) is 5.61. The van der Waals surface area contributed by atoms with E-state index in [1.54, 1.807) is 0 Å². The number of aryl methyl sites for hydroxylation is 3. The van der Waals surface area contributed by atoms with Crippen molar-refractivity contribution in [2.24, 2.45) is 0 Å². The third kappa shape index (κ3) is 2.76. The fourth-order valence-electron chi connectivity index (χ4n) is 2.86. The van der Waals surface area contributed by atoms with Crippen molar-refractivity contribution in [3.8, 4) is 0 Å². The van der Waals surface area contributed by atoms with Gasteiger partial charge in [0.2, 0.25) is 0 Å². The van der Waals surface area contributed by atoms with Crippen LogP contribution in [0, 0.1) is 20.8 Å². The number of hydrogen-bond donors (Lipinski definition) is 0. The van der Waals surface area contributed by atoms with Crippen molar-refractivity contribution in [1.82, 2.24) is 0 Å². The fourth-order valence-corrected chi connectivity index (χ4v) is 2.86. The molecule has 0 spiro atoms. The third-order valence-corrected chi connectivity index (χ3v) is 3.62. The van der Waals surface area contributed by atoms with Crippen LogP contribution in [-0.2, 0) is 0 Å². The van der Waals surface area contributed by atoms with Gasteiger partial charge in [-0.1, -0.05) is 55.0 Å². The van der Waals surface area contributed by atoms with E-state index in [9.17, 15) is 4.79 Å². The molecule has 1 nitrogen and oxygen atoms in total. The molecule has 0 radical (unpaired) electrons. The van der Waals surface area contributed by atoms with E-state index in [0.717, 1.165) is 5.56 Å². The van der Waals surface area contributed by atoms with Gasteiger partial charge < -0.3 is 0 Å². The van der Waals surface area contributed by atoms with Gasteiger partial charge in [0.1, 0.15) is 0 Å². The van der Waals surface area contributed by atoms with E-state index < -0.39 is 0 Å². The topological polar surface area (TPSA) is 17.1 Å². The lowest BCUT2D eigenvalue weighted by Gasteiger charge is -2.17. The van der Waals surface area contributed by atoms with Crippen molar-refractivity contribution in [2.45, 2.75) is 33.6 Å². The largest absolute Gasteiger partial charge is 0.294 e. The number of carbonyl (C=O) groups excluding carboxylic acids is 1. The summed E-state index contributed by atoms with van der Waals surface area (Å²) >= 11 is 0. The van der Waals surface area contributed by atoms with Gasteiger partial charge in [-0.3, -0.25) is 4.79 Å². The zero-order valence-electron chi connectivity index (χ0n) is 12.0. The highest BCUT2D eigenvalue weighted by atomic mass is 16.1. The minimum absolute atomic E-state index is 0.0944.